The van der Waals surface area contributed by atoms with Crippen molar-refractivity contribution in [1.29, 1.82) is 0 Å². The number of halogens is 3. The molecule has 4 aromatic rings. The molecule has 0 radical (unpaired) electrons. The van der Waals surface area contributed by atoms with Crippen molar-refractivity contribution in [1.82, 2.24) is 0 Å². The van der Waals surface area contributed by atoms with Crippen molar-refractivity contribution in [3.8, 4) is 0 Å². The minimum atomic E-state index is -2.45. The maximum Gasteiger partial charge on any atom is 1.00 e. The Morgan fingerprint density at radius 2 is 0.786 bits per heavy atom. The van der Waals surface area contributed by atoms with E-state index in [1.807, 2.05) is 0 Å². The van der Waals surface area contributed by atoms with E-state index in [1.165, 1.54) is 20.7 Å². The number of amidine groups is 2. The van der Waals surface area contributed by atoms with Crippen LogP contribution in [0.2, 0.25) is 10.1 Å². The molecule has 0 unspecified atom stereocenters. The van der Waals surface area contributed by atoms with Gasteiger partial charge in [0.15, 0.2) is 0 Å². The predicted molar refractivity (Wildman–Crippen MR) is 235 cm³/mol. The Morgan fingerprint density at radius 3 is 0.964 bits per heavy atom. The van der Waals surface area contributed by atoms with E-state index in [1.54, 1.807) is 0 Å². The van der Waals surface area contributed by atoms with Gasteiger partial charge in [-0.1, -0.05) is 163 Å². The summed E-state index contributed by atoms with van der Waals surface area (Å²) in [5.41, 5.74) is 11.8. The van der Waals surface area contributed by atoms with Crippen LogP contribution in [0.25, 0.3) is 0 Å². The third kappa shape index (κ3) is 13.0. The molecule has 2 aliphatic rings. The maximum atomic E-state index is 6.87. The Bertz CT molecular complexity index is 1540. The zero-order valence-electron chi connectivity index (χ0n) is 34.1. The molecule has 2 aliphatic heterocycles. The van der Waals surface area contributed by atoms with Gasteiger partial charge in [-0.05, 0) is 43.7 Å². The molecule has 0 amide bonds. The Morgan fingerprint density at radius 1 is 0.554 bits per heavy atom. The molecule has 2 atom stereocenters. The topological polar surface area (TPSA) is 125 Å². The van der Waals surface area contributed by atoms with E-state index in [0.29, 0.717) is 13.2 Å². The van der Waals surface area contributed by atoms with Gasteiger partial charge in [0.25, 0.3) is 16.6 Å². The molecular formula is C43H59Cl3N4NaO3Si2-. The van der Waals surface area contributed by atoms with Crippen LogP contribution < -0.4 is 74.2 Å². The van der Waals surface area contributed by atoms with Crippen LogP contribution in [0.4, 0.5) is 0 Å². The normalized spacial score (nSPS) is 16.6. The Kier molecular flexibility index (Phi) is 22.5. The molecule has 0 fully saturated rings. The van der Waals surface area contributed by atoms with Gasteiger partial charge in [0.1, 0.15) is 0 Å². The van der Waals surface area contributed by atoms with Crippen molar-refractivity contribution in [2.45, 2.75) is 89.4 Å². The molecular weight excluding hydrogens is 806 g/mol. The zero-order valence-corrected chi connectivity index (χ0v) is 40.4. The summed E-state index contributed by atoms with van der Waals surface area (Å²) in [5.74, 6) is 1.52. The van der Waals surface area contributed by atoms with E-state index in [4.69, 9.17) is 43.5 Å². The molecule has 300 valence electrons. The first kappa shape index (κ1) is 52.0. The van der Waals surface area contributed by atoms with Crippen LogP contribution in [0.1, 0.15) is 67.2 Å². The third-order valence-electron chi connectivity index (χ3n) is 9.98. The second-order valence-electron chi connectivity index (χ2n) is 15.7. The quantitative estimate of drug-likeness (QED) is 0.185. The molecule has 0 saturated heterocycles. The monoisotopic (exact) mass is 863 g/mol. The summed E-state index contributed by atoms with van der Waals surface area (Å²) in [6.07, 6.45) is 3.75. The van der Waals surface area contributed by atoms with Crippen molar-refractivity contribution in [3.05, 3.63) is 121 Å². The van der Waals surface area contributed by atoms with E-state index >= 15 is 0 Å². The average molecular weight is 865 g/mol. The van der Waals surface area contributed by atoms with Crippen LogP contribution in [-0.4, -0.2) is 64.4 Å². The number of alkyl halides is 2. The first-order valence-electron chi connectivity index (χ1n) is 18.5. The van der Waals surface area contributed by atoms with Gasteiger partial charge < -0.3 is 38.2 Å². The summed E-state index contributed by atoms with van der Waals surface area (Å²) in [4.78, 5) is 9.11. The first-order chi connectivity index (χ1) is 25.3. The predicted octanol–water partition coefficient (Wildman–Crippen LogP) is 1.42. The Hall–Kier alpha value is -2.00. The van der Waals surface area contributed by atoms with Gasteiger partial charge in [0.05, 0.1) is 42.3 Å². The zero-order chi connectivity index (χ0) is 38.5. The number of hydrogen-bond acceptors (Lipinski definition) is 7. The minimum Gasteiger partial charge on any atom is -1.00 e. The molecule has 7 nitrogen and oxygen atoms in total. The van der Waals surface area contributed by atoms with E-state index in [0.717, 1.165) is 37.4 Å². The second-order valence-corrected chi connectivity index (χ2v) is 25.1. The minimum absolute atomic E-state index is 0. The van der Waals surface area contributed by atoms with Crippen LogP contribution in [-0.2, 0) is 8.85 Å². The molecule has 0 spiro atoms. The molecule has 0 aromatic heterocycles. The van der Waals surface area contributed by atoms with E-state index in [-0.39, 0.29) is 74.9 Å². The Labute approximate surface area is 376 Å². The van der Waals surface area contributed by atoms with Gasteiger partial charge in [-0.15, -0.1) is 23.2 Å². The number of aliphatic imine (C=N–C) groups is 2. The van der Waals surface area contributed by atoms with Gasteiger partial charge in [0, 0.05) is 12.8 Å². The fraction of sp³-hybridized carbons (Fsp3) is 0.395. The van der Waals surface area contributed by atoms with Crippen molar-refractivity contribution in [2.24, 2.45) is 21.5 Å². The van der Waals surface area contributed by atoms with Crippen molar-refractivity contribution < 1.29 is 56.3 Å². The fourth-order valence-electron chi connectivity index (χ4n) is 7.56. The number of nitrogens with two attached hydrogens (primary N) is 2. The maximum absolute atomic E-state index is 6.87. The van der Waals surface area contributed by atoms with Crippen LogP contribution in [0.5, 0.6) is 0 Å². The average Bonchev–Trinajstić information content (AvgIpc) is 3.77. The molecule has 6 rings (SSSR count). The molecule has 0 aliphatic carbocycles. The number of nitrogens with zero attached hydrogens (tertiary/aromatic N) is 2. The summed E-state index contributed by atoms with van der Waals surface area (Å²) >= 11 is 9.53. The number of benzene rings is 4. The van der Waals surface area contributed by atoms with Crippen LogP contribution >= 0.6 is 23.2 Å². The van der Waals surface area contributed by atoms with Gasteiger partial charge >= 0.3 is 29.6 Å². The van der Waals surface area contributed by atoms with Gasteiger partial charge in [-0.3, -0.25) is 9.98 Å². The molecule has 0 bridgehead atoms. The number of rotatable bonds is 10. The summed E-state index contributed by atoms with van der Waals surface area (Å²) < 4.78 is 13.7. The smallest absolute Gasteiger partial charge is 1.00 e. The molecule has 2 heterocycles. The Balaban J connectivity index is 0.000000498. The molecule has 13 heteroatoms. The summed E-state index contributed by atoms with van der Waals surface area (Å²) in [6, 6.07) is 43.3. The van der Waals surface area contributed by atoms with E-state index in [2.05, 4.69) is 173 Å². The van der Waals surface area contributed by atoms with Gasteiger partial charge in [-0.2, -0.15) is 0 Å². The second kappa shape index (κ2) is 24.2. The van der Waals surface area contributed by atoms with Gasteiger partial charge in [-0.25, -0.2) is 0 Å². The molecule has 56 heavy (non-hydrogen) atoms. The molecule has 5 N–H and O–H groups in total. The SMILES string of the molecule is CC(C)(C)[Si](OC[C@H]1CCC(N)=N1)(c1ccccc1)c1ccccc1.CC(C)(C)[Si](OC[C@H]1CCC(N)=N1)(c1ccccc1)c1ccccc1.ClCCl.[Cl-].[Na+].[OH-]. The van der Waals surface area contributed by atoms with Crippen LogP contribution in [0, 0.1) is 0 Å². The van der Waals surface area contributed by atoms with Crippen molar-refractivity contribution >= 4 is 72.3 Å². The number of hydrogen-bond donors (Lipinski definition) is 2. The summed E-state index contributed by atoms with van der Waals surface area (Å²) in [7, 11) is -4.90. The largest absolute Gasteiger partial charge is 1.00 e. The van der Waals surface area contributed by atoms with E-state index in [9.17, 15) is 0 Å². The summed E-state index contributed by atoms with van der Waals surface area (Å²) in [6.45, 7) is 15.0. The van der Waals surface area contributed by atoms with E-state index < -0.39 is 16.6 Å². The van der Waals surface area contributed by atoms with Gasteiger partial charge in [0.2, 0.25) is 0 Å². The molecule has 0 saturated carbocycles. The van der Waals surface area contributed by atoms with Crippen molar-refractivity contribution in [2.75, 3.05) is 18.6 Å². The van der Waals surface area contributed by atoms with Crippen LogP contribution in [0.3, 0.4) is 0 Å². The van der Waals surface area contributed by atoms with Crippen molar-refractivity contribution in [3.63, 3.8) is 0 Å². The van der Waals surface area contributed by atoms with Crippen LogP contribution in [0.15, 0.2) is 131 Å². The summed E-state index contributed by atoms with van der Waals surface area (Å²) in [5, 5.41) is 5.44. The standard InChI is InChI=1S/2C21H28N2OSi.CH2Cl2.ClH.Na.H2O/c2*1-21(2,3)25(18-10-6-4-7-11-18,19-12-8-5-9-13-19)24-16-17-14-15-20(22)23-17;2-1-3;;;/h2*4-13,17H,14-16H2,1-3H3,(H2,22,23);1H2;1H;;1H2/q;;;;+1;/p-2/t2*17-;;;;/m11..../s1. The first-order valence-corrected chi connectivity index (χ1v) is 23.4. The third-order valence-corrected chi connectivity index (χ3v) is 20.0. The molecule has 4 aromatic carbocycles. The fourth-order valence-corrected chi connectivity index (χ4v) is 16.8.